The molecule has 0 aromatic heterocycles. The van der Waals surface area contributed by atoms with E-state index >= 15 is 0 Å². The number of carbonyl (C=O) groups is 1. The van der Waals surface area contributed by atoms with Crippen LogP contribution in [-0.2, 0) is 0 Å². The summed E-state index contributed by atoms with van der Waals surface area (Å²) in [6.07, 6.45) is 6.91. The Morgan fingerprint density at radius 1 is 1.11 bits per heavy atom. The van der Waals surface area contributed by atoms with Crippen molar-refractivity contribution >= 4 is 5.97 Å². The summed E-state index contributed by atoms with van der Waals surface area (Å²) < 4.78 is 0. The van der Waals surface area contributed by atoms with E-state index in [-0.39, 0.29) is 0 Å². The maximum absolute atomic E-state index is 11.3. The van der Waals surface area contributed by atoms with Crippen molar-refractivity contribution in [3.8, 4) is 0 Å². The van der Waals surface area contributed by atoms with Crippen LogP contribution >= 0.6 is 0 Å². The first-order chi connectivity index (χ1) is 8.70. The molecule has 100 valence electrons. The monoisotopic (exact) mass is 248 g/mol. The highest BCUT2D eigenvalue weighted by Gasteiger charge is 2.17. The minimum atomic E-state index is -0.804. The van der Waals surface area contributed by atoms with Crippen LogP contribution < -0.4 is 0 Å². The lowest BCUT2D eigenvalue weighted by Crippen LogP contribution is -2.07. The second-order valence-electron chi connectivity index (χ2n) is 4.87. The van der Waals surface area contributed by atoms with Gasteiger partial charge < -0.3 is 5.11 Å². The quantitative estimate of drug-likeness (QED) is 0.668. The van der Waals surface area contributed by atoms with Crippen molar-refractivity contribution in [1.29, 1.82) is 0 Å². The van der Waals surface area contributed by atoms with Crippen molar-refractivity contribution in [3.63, 3.8) is 0 Å². The minimum absolute atomic E-state index is 0.397. The third-order valence-corrected chi connectivity index (χ3v) is 3.42. The lowest BCUT2D eigenvalue weighted by Gasteiger charge is -2.18. The van der Waals surface area contributed by atoms with Gasteiger partial charge in [-0.2, -0.15) is 0 Å². The zero-order valence-electron chi connectivity index (χ0n) is 11.5. The molecule has 0 heterocycles. The highest BCUT2D eigenvalue weighted by Crippen LogP contribution is 2.29. The van der Waals surface area contributed by atoms with Crippen molar-refractivity contribution in [2.45, 2.75) is 58.3 Å². The van der Waals surface area contributed by atoms with Crippen LogP contribution in [0.2, 0.25) is 0 Å². The third-order valence-electron chi connectivity index (χ3n) is 3.42. The van der Waals surface area contributed by atoms with E-state index in [1.807, 2.05) is 18.2 Å². The molecular formula is C16H24O2. The van der Waals surface area contributed by atoms with Crippen LogP contribution in [0, 0.1) is 0 Å². The van der Waals surface area contributed by atoms with Gasteiger partial charge in [0.05, 0.1) is 5.56 Å². The van der Waals surface area contributed by atoms with Gasteiger partial charge in [0.15, 0.2) is 0 Å². The van der Waals surface area contributed by atoms with Gasteiger partial charge in [0, 0.05) is 0 Å². The second-order valence-corrected chi connectivity index (χ2v) is 4.87. The molecule has 0 fully saturated rings. The number of carboxylic acid groups (broad SMARTS) is 1. The number of hydrogen-bond acceptors (Lipinski definition) is 1. The maximum atomic E-state index is 11.3. The van der Waals surface area contributed by atoms with E-state index in [2.05, 4.69) is 13.8 Å². The highest BCUT2D eigenvalue weighted by molar-refractivity contribution is 5.89. The summed E-state index contributed by atoms with van der Waals surface area (Å²) in [6, 6.07) is 7.46. The Hall–Kier alpha value is -1.31. The summed E-state index contributed by atoms with van der Waals surface area (Å²) >= 11 is 0. The van der Waals surface area contributed by atoms with Crippen LogP contribution in [0.1, 0.15) is 74.2 Å². The molecule has 0 aliphatic heterocycles. The lowest BCUT2D eigenvalue weighted by atomic mass is 9.86. The standard InChI is InChI=1S/C16H24O2/c1-3-5-6-10-13(9-4-2)14-11-7-8-12-15(14)16(17)18/h7-8,11-13H,3-6,9-10H2,1-2H3,(H,17,18). The van der Waals surface area contributed by atoms with Crippen LogP contribution in [0.5, 0.6) is 0 Å². The largest absolute Gasteiger partial charge is 0.478 e. The number of benzene rings is 1. The van der Waals surface area contributed by atoms with E-state index in [0.29, 0.717) is 11.5 Å². The Labute approximate surface area is 110 Å². The molecule has 1 aromatic carbocycles. The van der Waals surface area contributed by atoms with Gasteiger partial charge >= 0.3 is 5.97 Å². The molecule has 0 radical (unpaired) electrons. The lowest BCUT2D eigenvalue weighted by molar-refractivity contribution is 0.0695. The normalized spacial score (nSPS) is 12.3. The molecule has 2 heteroatoms. The summed E-state index contributed by atoms with van der Waals surface area (Å²) in [4.78, 5) is 11.3. The van der Waals surface area contributed by atoms with Crippen molar-refractivity contribution < 1.29 is 9.90 Å². The fraction of sp³-hybridized carbons (Fsp3) is 0.562. The summed E-state index contributed by atoms with van der Waals surface area (Å²) in [5, 5.41) is 9.25. The SMILES string of the molecule is CCCCCC(CCC)c1ccccc1C(=O)O. The summed E-state index contributed by atoms with van der Waals surface area (Å²) in [7, 11) is 0. The van der Waals surface area contributed by atoms with Crippen LogP contribution in [0.25, 0.3) is 0 Å². The molecule has 1 aromatic rings. The Balaban J connectivity index is 2.86. The predicted octanol–water partition coefficient (Wildman–Crippen LogP) is 4.85. The van der Waals surface area contributed by atoms with Gasteiger partial charge in [-0.25, -0.2) is 4.79 Å². The number of hydrogen-bond donors (Lipinski definition) is 1. The van der Waals surface area contributed by atoms with Crippen molar-refractivity contribution in [2.24, 2.45) is 0 Å². The molecule has 0 amide bonds. The molecule has 0 saturated heterocycles. The van der Waals surface area contributed by atoms with Gasteiger partial charge in [0.1, 0.15) is 0 Å². The molecule has 1 rings (SSSR count). The van der Waals surface area contributed by atoms with Gasteiger partial charge in [-0.15, -0.1) is 0 Å². The Morgan fingerprint density at radius 2 is 1.83 bits per heavy atom. The van der Waals surface area contributed by atoms with E-state index in [9.17, 15) is 9.90 Å². The molecule has 0 aliphatic carbocycles. The Bertz CT molecular complexity index is 371. The van der Waals surface area contributed by atoms with Crippen molar-refractivity contribution in [1.82, 2.24) is 0 Å². The van der Waals surface area contributed by atoms with Gasteiger partial charge in [-0.1, -0.05) is 57.7 Å². The number of unbranched alkanes of at least 4 members (excludes halogenated alkanes) is 2. The number of carboxylic acids is 1. The van der Waals surface area contributed by atoms with Crippen LogP contribution in [0.4, 0.5) is 0 Å². The molecule has 2 nitrogen and oxygen atoms in total. The smallest absolute Gasteiger partial charge is 0.335 e. The first-order valence-corrected chi connectivity index (χ1v) is 7.02. The van der Waals surface area contributed by atoms with Gasteiger partial charge in [0.2, 0.25) is 0 Å². The zero-order valence-corrected chi connectivity index (χ0v) is 11.5. The van der Waals surface area contributed by atoms with Crippen LogP contribution in [-0.4, -0.2) is 11.1 Å². The summed E-state index contributed by atoms with van der Waals surface area (Å²) in [5.74, 6) is -0.406. The molecule has 1 N–H and O–H groups in total. The van der Waals surface area contributed by atoms with E-state index in [0.717, 1.165) is 24.8 Å². The van der Waals surface area contributed by atoms with E-state index < -0.39 is 5.97 Å². The van der Waals surface area contributed by atoms with Gasteiger partial charge in [-0.3, -0.25) is 0 Å². The summed E-state index contributed by atoms with van der Waals surface area (Å²) in [5.41, 5.74) is 1.50. The fourth-order valence-corrected chi connectivity index (χ4v) is 2.49. The molecule has 1 atom stereocenters. The van der Waals surface area contributed by atoms with Gasteiger partial charge in [-0.05, 0) is 30.4 Å². The Kier molecular flexibility index (Phi) is 6.48. The maximum Gasteiger partial charge on any atom is 0.335 e. The molecule has 0 aliphatic rings. The van der Waals surface area contributed by atoms with Crippen LogP contribution in [0.15, 0.2) is 24.3 Å². The number of rotatable bonds is 8. The molecule has 18 heavy (non-hydrogen) atoms. The topological polar surface area (TPSA) is 37.3 Å². The molecule has 0 saturated carbocycles. The zero-order chi connectivity index (χ0) is 13.4. The molecule has 0 bridgehead atoms. The second kappa shape index (κ2) is 7.91. The average molecular weight is 248 g/mol. The van der Waals surface area contributed by atoms with Crippen LogP contribution in [0.3, 0.4) is 0 Å². The first-order valence-electron chi connectivity index (χ1n) is 7.02. The average Bonchev–Trinajstić information content (AvgIpc) is 2.38. The number of aromatic carboxylic acids is 1. The van der Waals surface area contributed by atoms with Crippen molar-refractivity contribution in [3.05, 3.63) is 35.4 Å². The first kappa shape index (κ1) is 14.7. The fourth-order valence-electron chi connectivity index (χ4n) is 2.49. The molecule has 0 spiro atoms. The van der Waals surface area contributed by atoms with E-state index in [1.54, 1.807) is 6.07 Å². The Morgan fingerprint density at radius 3 is 2.44 bits per heavy atom. The summed E-state index contributed by atoms with van der Waals surface area (Å²) in [6.45, 7) is 4.36. The predicted molar refractivity (Wildman–Crippen MR) is 75.2 cm³/mol. The highest BCUT2D eigenvalue weighted by atomic mass is 16.4. The molecular weight excluding hydrogens is 224 g/mol. The minimum Gasteiger partial charge on any atom is -0.478 e. The van der Waals surface area contributed by atoms with Crippen molar-refractivity contribution in [2.75, 3.05) is 0 Å². The van der Waals surface area contributed by atoms with Gasteiger partial charge in [0.25, 0.3) is 0 Å². The van der Waals surface area contributed by atoms with E-state index in [4.69, 9.17) is 0 Å². The van der Waals surface area contributed by atoms with E-state index in [1.165, 1.54) is 19.3 Å². The molecule has 1 unspecified atom stereocenters. The third kappa shape index (κ3) is 4.17.